The van der Waals surface area contributed by atoms with Crippen molar-refractivity contribution in [3.05, 3.63) is 104 Å². The van der Waals surface area contributed by atoms with E-state index < -0.39 is 11.9 Å². The molecule has 0 aliphatic carbocycles. The quantitative estimate of drug-likeness (QED) is 0.412. The van der Waals surface area contributed by atoms with Crippen molar-refractivity contribution in [3.63, 3.8) is 0 Å². The summed E-state index contributed by atoms with van der Waals surface area (Å²) in [6, 6.07) is 14.8. The van der Waals surface area contributed by atoms with Crippen molar-refractivity contribution in [2.45, 2.75) is 13.0 Å². The minimum atomic E-state index is -0.739. The second-order valence-corrected chi connectivity index (χ2v) is 7.88. The monoisotopic (exact) mass is 436 g/mol. The van der Waals surface area contributed by atoms with E-state index in [9.17, 15) is 9.59 Å². The lowest BCUT2D eigenvalue weighted by Gasteiger charge is -2.25. The lowest BCUT2D eigenvalue weighted by atomic mass is 9.98. The molecule has 0 bridgehead atoms. The van der Waals surface area contributed by atoms with E-state index in [1.54, 1.807) is 54.7 Å². The topological polar surface area (TPSA) is 63.4 Å². The van der Waals surface area contributed by atoms with Gasteiger partial charge in [-0.2, -0.15) is 0 Å². The molecule has 5 nitrogen and oxygen atoms in total. The predicted octanol–water partition coefficient (Wildman–Crippen LogP) is 5.55. The first-order valence-corrected chi connectivity index (χ1v) is 9.99. The van der Waals surface area contributed by atoms with Crippen molar-refractivity contribution in [2.75, 3.05) is 4.90 Å². The molecule has 1 amide bonds. The highest BCUT2D eigenvalue weighted by Crippen LogP contribution is 2.42. The molecule has 3 heterocycles. The number of aromatic nitrogens is 1. The van der Waals surface area contributed by atoms with Gasteiger partial charge in [-0.15, -0.1) is 0 Å². The maximum absolute atomic E-state index is 13.5. The maximum atomic E-state index is 13.5. The van der Waals surface area contributed by atoms with Gasteiger partial charge in [-0.1, -0.05) is 47.5 Å². The Morgan fingerprint density at radius 2 is 1.80 bits per heavy atom. The fourth-order valence-corrected chi connectivity index (χ4v) is 4.17. The van der Waals surface area contributed by atoms with E-state index >= 15 is 0 Å². The molecule has 30 heavy (non-hydrogen) atoms. The number of nitrogens with zero attached hydrogens (tertiary/aromatic N) is 2. The number of fused-ring (bicyclic) bond motifs is 2. The average molecular weight is 437 g/mol. The molecule has 7 heteroatoms. The summed E-state index contributed by atoms with van der Waals surface area (Å²) in [5.41, 5.74) is 1.81. The Morgan fingerprint density at radius 3 is 2.57 bits per heavy atom. The number of aryl methyl sites for hydroxylation is 1. The molecule has 1 aliphatic heterocycles. The second-order valence-electron chi connectivity index (χ2n) is 7.07. The molecule has 0 radical (unpaired) electrons. The molecule has 0 saturated carbocycles. The van der Waals surface area contributed by atoms with Crippen LogP contribution in [0, 0.1) is 6.92 Å². The molecule has 2 aromatic carbocycles. The number of pyridine rings is 1. The van der Waals surface area contributed by atoms with E-state index in [2.05, 4.69) is 4.98 Å². The number of carbonyl (C=O) groups excluding carboxylic acids is 1. The van der Waals surface area contributed by atoms with Gasteiger partial charge in [0.05, 0.1) is 27.0 Å². The molecule has 148 valence electrons. The number of hydrogen-bond donors (Lipinski definition) is 0. The van der Waals surface area contributed by atoms with Crippen LogP contribution < -0.4 is 10.3 Å². The number of amides is 1. The van der Waals surface area contributed by atoms with Gasteiger partial charge >= 0.3 is 0 Å². The second kappa shape index (κ2) is 6.97. The minimum Gasteiger partial charge on any atom is -0.450 e. The van der Waals surface area contributed by atoms with Crippen LogP contribution in [0.4, 0.5) is 5.82 Å². The van der Waals surface area contributed by atoms with Crippen LogP contribution in [0.5, 0.6) is 0 Å². The third kappa shape index (κ3) is 2.74. The Morgan fingerprint density at radius 1 is 1.00 bits per heavy atom. The highest BCUT2D eigenvalue weighted by atomic mass is 35.5. The average Bonchev–Trinajstić information content (AvgIpc) is 3.03. The summed E-state index contributed by atoms with van der Waals surface area (Å²) >= 11 is 12.4. The molecule has 4 aromatic rings. The third-order valence-corrected chi connectivity index (χ3v) is 5.99. The summed E-state index contributed by atoms with van der Waals surface area (Å²) < 4.78 is 5.92. The van der Waals surface area contributed by atoms with Crippen molar-refractivity contribution in [3.8, 4) is 0 Å². The van der Waals surface area contributed by atoms with Crippen LogP contribution in [0.15, 0.2) is 70.0 Å². The molecule has 1 aliphatic rings. The van der Waals surface area contributed by atoms with Crippen molar-refractivity contribution in [1.29, 1.82) is 0 Å². The van der Waals surface area contributed by atoms with Crippen LogP contribution in [0.25, 0.3) is 11.0 Å². The molecular weight excluding hydrogens is 423 g/mol. The number of rotatable bonds is 2. The predicted molar refractivity (Wildman–Crippen MR) is 117 cm³/mol. The van der Waals surface area contributed by atoms with Crippen molar-refractivity contribution >= 4 is 45.9 Å². The van der Waals surface area contributed by atoms with E-state index in [1.807, 2.05) is 13.0 Å². The largest absolute Gasteiger partial charge is 0.450 e. The molecule has 0 spiro atoms. The van der Waals surface area contributed by atoms with E-state index in [0.29, 0.717) is 32.4 Å². The molecule has 1 atom stereocenters. The summed E-state index contributed by atoms with van der Waals surface area (Å²) in [6.45, 7) is 1.86. The Hall–Kier alpha value is -3.15. The van der Waals surface area contributed by atoms with Gasteiger partial charge in [-0.3, -0.25) is 14.5 Å². The van der Waals surface area contributed by atoms with Crippen LogP contribution in [-0.4, -0.2) is 10.9 Å². The van der Waals surface area contributed by atoms with Gasteiger partial charge in [0.2, 0.25) is 5.76 Å². The number of anilines is 1. The van der Waals surface area contributed by atoms with Crippen LogP contribution in [0.2, 0.25) is 10.0 Å². The standard InChI is InChI=1S/C23H14Cl2N2O3/c1-12-5-4-10-26-22(12)27-19(13-8-9-15(24)16(25)11-13)18-20(28)14-6-2-3-7-17(14)30-21(18)23(27)29/h2-11,19H,1H3. The lowest BCUT2D eigenvalue weighted by Crippen LogP contribution is -2.30. The maximum Gasteiger partial charge on any atom is 0.296 e. The van der Waals surface area contributed by atoms with Crippen molar-refractivity contribution in [1.82, 2.24) is 4.98 Å². The lowest BCUT2D eigenvalue weighted by molar-refractivity contribution is 0.0970. The van der Waals surface area contributed by atoms with E-state index in [1.165, 1.54) is 4.90 Å². The summed E-state index contributed by atoms with van der Waals surface area (Å²) in [5.74, 6) is 0.0407. The molecule has 1 unspecified atom stereocenters. The van der Waals surface area contributed by atoms with Gasteiger partial charge < -0.3 is 4.42 Å². The summed E-state index contributed by atoms with van der Waals surface area (Å²) in [5, 5.41) is 1.13. The zero-order valence-electron chi connectivity index (χ0n) is 15.7. The van der Waals surface area contributed by atoms with Crippen LogP contribution in [0.1, 0.15) is 33.3 Å². The Balaban J connectivity index is 1.85. The normalized spacial score (nSPS) is 15.6. The number of halogens is 2. The van der Waals surface area contributed by atoms with Gasteiger partial charge in [-0.25, -0.2) is 4.98 Å². The highest BCUT2D eigenvalue weighted by Gasteiger charge is 2.44. The number of carbonyl (C=O) groups is 1. The number of para-hydroxylation sites is 1. The van der Waals surface area contributed by atoms with E-state index in [4.69, 9.17) is 27.6 Å². The fraction of sp³-hybridized carbons (Fsp3) is 0.0870. The minimum absolute atomic E-state index is 0.0137. The fourth-order valence-electron chi connectivity index (χ4n) is 3.87. The van der Waals surface area contributed by atoms with Crippen molar-refractivity contribution in [2.24, 2.45) is 0 Å². The highest BCUT2D eigenvalue weighted by molar-refractivity contribution is 6.42. The summed E-state index contributed by atoms with van der Waals surface area (Å²) in [7, 11) is 0. The first-order valence-electron chi connectivity index (χ1n) is 9.23. The van der Waals surface area contributed by atoms with Crippen molar-refractivity contribution < 1.29 is 9.21 Å². The molecule has 0 N–H and O–H groups in total. The van der Waals surface area contributed by atoms with Crippen LogP contribution >= 0.6 is 23.2 Å². The SMILES string of the molecule is Cc1cccnc1N1C(=O)c2oc3ccccc3c(=O)c2C1c1ccc(Cl)c(Cl)c1. The Bertz CT molecular complexity index is 1400. The van der Waals surface area contributed by atoms with Gasteiger partial charge in [0, 0.05) is 6.20 Å². The molecule has 0 saturated heterocycles. The van der Waals surface area contributed by atoms with Gasteiger partial charge in [0.25, 0.3) is 5.91 Å². The molecular formula is C23H14Cl2N2O3. The Kier molecular flexibility index (Phi) is 4.38. The zero-order valence-corrected chi connectivity index (χ0v) is 17.2. The summed E-state index contributed by atoms with van der Waals surface area (Å²) in [4.78, 5) is 32.8. The first kappa shape index (κ1) is 18.9. The van der Waals surface area contributed by atoms with Gasteiger partial charge in [0.15, 0.2) is 5.43 Å². The zero-order chi connectivity index (χ0) is 21.0. The number of hydrogen-bond acceptors (Lipinski definition) is 4. The summed E-state index contributed by atoms with van der Waals surface area (Å²) in [6.07, 6.45) is 1.61. The molecule has 0 fully saturated rings. The van der Waals surface area contributed by atoms with Gasteiger partial charge in [0.1, 0.15) is 11.4 Å². The third-order valence-electron chi connectivity index (χ3n) is 5.25. The van der Waals surface area contributed by atoms with Gasteiger partial charge in [-0.05, 0) is 48.4 Å². The van der Waals surface area contributed by atoms with E-state index in [0.717, 1.165) is 5.56 Å². The molecule has 5 rings (SSSR count). The van der Waals surface area contributed by atoms with Crippen LogP contribution in [-0.2, 0) is 0 Å². The first-order chi connectivity index (χ1) is 14.5. The van der Waals surface area contributed by atoms with E-state index in [-0.39, 0.29) is 16.8 Å². The smallest absolute Gasteiger partial charge is 0.296 e. The van der Waals surface area contributed by atoms with Crippen LogP contribution in [0.3, 0.4) is 0 Å². The molecule has 2 aromatic heterocycles. The Labute approximate surface area is 181 Å². The number of benzene rings is 2.